The van der Waals surface area contributed by atoms with Crippen LogP contribution in [0.3, 0.4) is 0 Å². The summed E-state index contributed by atoms with van der Waals surface area (Å²) in [5.41, 5.74) is 1.28. The molecule has 0 aliphatic heterocycles. The van der Waals surface area contributed by atoms with Crippen LogP contribution in [0, 0.1) is 11.3 Å². The number of para-hydroxylation sites is 1. The predicted molar refractivity (Wildman–Crippen MR) is 62.6 cm³/mol. The molecule has 1 aromatic carbocycles. The van der Waals surface area contributed by atoms with Crippen molar-refractivity contribution < 1.29 is 0 Å². The van der Waals surface area contributed by atoms with Gasteiger partial charge in [-0.2, -0.15) is 5.26 Å². The number of nitrogens with zero attached hydrogens (tertiary/aromatic N) is 2. The van der Waals surface area contributed by atoms with Crippen LogP contribution in [-0.2, 0) is 0 Å². The lowest BCUT2D eigenvalue weighted by atomic mass is 10.3. The Labute approximate surface area is 92.1 Å². The van der Waals surface area contributed by atoms with Gasteiger partial charge in [-0.25, -0.2) is 4.99 Å². The van der Waals surface area contributed by atoms with E-state index >= 15 is 0 Å². The summed E-state index contributed by atoms with van der Waals surface area (Å²) in [5.74, 6) is 0. The Bertz CT molecular complexity index is 492. The first-order chi connectivity index (χ1) is 7.40. The zero-order valence-electron chi connectivity index (χ0n) is 7.92. The van der Waals surface area contributed by atoms with E-state index in [1.165, 1.54) is 11.3 Å². The van der Waals surface area contributed by atoms with Crippen LogP contribution in [0.5, 0.6) is 0 Å². The second kappa shape index (κ2) is 4.54. The standard InChI is InChI=1S/C12H8N2S/c13-9-11(12-7-4-8-15-12)14-10-5-2-1-3-6-10/h1-8H. The van der Waals surface area contributed by atoms with Gasteiger partial charge < -0.3 is 0 Å². The van der Waals surface area contributed by atoms with E-state index in [1.807, 2.05) is 47.8 Å². The molecule has 0 aliphatic carbocycles. The highest BCUT2D eigenvalue weighted by atomic mass is 32.1. The molecule has 0 atom stereocenters. The largest absolute Gasteiger partial charge is 0.236 e. The third kappa shape index (κ3) is 2.30. The van der Waals surface area contributed by atoms with Gasteiger partial charge >= 0.3 is 0 Å². The van der Waals surface area contributed by atoms with Gasteiger partial charge in [-0.1, -0.05) is 24.3 Å². The summed E-state index contributed by atoms with van der Waals surface area (Å²) in [6.07, 6.45) is 0. The molecule has 0 radical (unpaired) electrons. The summed E-state index contributed by atoms with van der Waals surface area (Å²) in [7, 11) is 0. The molecule has 2 nitrogen and oxygen atoms in total. The fourth-order valence-electron chi connectivity index (χ4n) is 1.18. The van der Waals surface area contributed by atoms with E-state index < -0.39 is 0 Å². The Kier molecular flexibility index (Phi) is 2.91. The second-order valence-electron chi connectivity index (χ2n) is 2.89. The van der Waals surface area contributed by atoms with Crippen LogP contribution in [0.1, 0.15) is 4.88 Å². The van der Waals surface area contributed by atoms with Gasteiger partial charge in [0, 0.05) is 0 Å². The molecule has 0 amide bonds. The molecule has 3 heteroatoms. The van der Waals surface area contributed by atoms with Crippen LogP contribution in [0.4, 0.5) is 5.69 Å². The molecule has 0 unspecified atom stereocenters. The molecule has 72 valence electrons. The van der Waals surface area contributed by atoms with E-state index in [0.717, 1.165) is 10.6 Å². The molecule has 0 saturated heterocycles. The Morgan fingerprint density at radius 3 is 2.53 bits per heavy atom. The van der Waals surface area contributed by atoms with Crippen molar-refractivity contribution in [1.82, 2.24) is 0 Å². The van der Waals surface area contributed by atoms with Crippen molar-refractivity contribution in [3.05, 3.63) is 52.7 Å². The molecule has 0 bridgehead atoms. The molecule has 1 heterocycles. The highest BCUT2D eigenvalue weighted by molar-refractivity contribution is 7.12. The summed E-state index contributed by atoms with van der Waals surface area (Å²) in [6, 6.07) is 15.4. The molecular formula is C12H8N2S. The molecule has 0 saturated carbocycles. The van der Waals surface area contributed by atoms with Gasteiger partial charge in [-0.05, 0) is 23.6 Å². The molecule has 1 aromatic heterocycles. The summed E-state index contributed by atoms with van der Waals surface area (Å²) in [6.45, 7) is 0. The van der Waals surface area contributed by atoms with E-state index in [0.29, 0.717) is 5.71 Å². The summed E-state index contributed by atoms with van der Waals surface area (Å²) in [4.78, 5) is 5.19. The predicted octanol–water partition coefficient (Wildman–Crippen LogP) is 3.39. The first-order valence-electron chi connectivity index (χ1n) is 4.48. The third-order valence-electron chi connectivity index (χ3n) is 1.86. The number of hydrogen-bond donors (Lipinski definition) is 0. The normalized spacial score (nSPS) is 11.0. The van der Waals surface area contributed by atoms with Gasteiger partial charge in [0.1, 0.15) is 6.07 Å². The quantitative estimate of drug-likeness (QED) is 0.703. The number of thiophene rings is 1. The van der Waals surface area contributed by atoms with Crippen LogP contribution < -0.4 is 0 Å². The second-order valence-corrected chi connectivity index (χ2v) is 3.83. The maximum absolute atomic E-state index is 8.99. The Morgan fingerprint density at radius 1 is 1.13 bits per heavy atom. The van der Waals surface area contributed by atoms with Crippen molar-refractivity contribution in [3.8, 4) is 6.07 Å². The third-order valence-corrected chi connectivity index (χ3v) is 2.73. The lowest BCUT2D eigenvalue weighted by Gasteiger charge is -1.94. The average molecular weight is 212 g/mol. The van der Waals surface area contributed by atoms with Crippen molar-refractivity contribution in [2.75, 3.05) is 0 Å². The lowest BCUT2D eigenvalue weighted by Crippen LogP contribution is -1.91. The molecule has 2 rings (SSSR count). The van der Waals surface area contributed by atoms with Gasteiger partial charge in [-0.15, -0.1) is 11.3 Å². The minimum atomic E-state index is 0.469. The number of aliphatic imine (C=N–C) groups is 1. The smallest absolute Gasteiger partial charge is 0.158 e. The maximum Gasteiger partial charge on any atom is 0.158 e. The first-order valence-corrected chi connectivity index (χ1v) is 5.36. The minimum Gasteiger partial charge on any atom is -0.236 e. The molecule has 0 fully saturated rings. The summed E-state index contributed by atoms with van der Waals surface area (Å²) < 4.78 is 0. The van der Waals surface area contributed by atoms with Gasteiger partial charge in [-0.3, -0.25) is 0 Å². The average Bonchev–Trinajstić information content (AvgIpc) is 2.81. The van der Waals surface area contributed by atoms with E-state index in [2.05, 4.69) is 11.1 Å². The maximum atomic E-state index is 8.99. The van der Waals surface area contributed by atoms with Crippen LogP contribution in [0.2, 0.25) is 0 Å². The monoisotopic (exact) mass is 212 g/mol. The SMILES string of the molecule is N#CC(=Nc1ccccc1)c1cccs1. The van der Waals surface area contributed by atoms with Crippen molar-refractivity contribution in [1.29, 1.82) is 5.26 Å². The Morgan fingerprint density at radius 2 is 1.93 bits per heavy atom. The Hall–Kier alpha value is -1.92. The fourth-order valence-corrected chi connectivity index (χ4v) is 1.84. The van der Waals surface area contributed by atoms with E-state index in [4.69, 9.17) is 5.26 Å². The van der Waals surface area contributed by atoms with Crippen LogP contribution in [0.15, 0.2) is 52.8 Å². The van der Waals surface area contributed by atoms with Crippen LogP contribution in [-0.4, -0.2) is 5.71 Å². The molecular weight excluding hydrogens is 204 g/mol. The van der Waals surface area contributed by atoms with Crippen molar-refractivity contribution in [2.24, 2.45) is 4.99 Å². The number of hydrogen-bond acceptors (Lipinski definition) is 3. The molecule has 0 aliphatic rings. The van der Waals surface area contributed by atoms with Crippen LogP contribution in [0.25, 0.3) is 0 Å². The van der Waals surface area contributed by atoms with Gasteiger partial charge in [0.2, 0.25) is 0 Å². The fraction of sp³-hybridized carbons (Fsp3) is 0. The van der Waals surface area contributed by atoms with Crippen molar-refractivity contribution in [2.45, 2.75) is 0 Å². The van der Waals surface area contributed by atoms with E-state index in [9.17, 15) is 0 Å². The minimum absolute atomic E-state index is 0.469. The topological polar surface area (TPSA) is 36.1 Å². The molecule has 2 aromatic rings. The van der Waals surface area contributed by atoms with Gasteiger partial charge in [0.05, 0.1) is 10.6 Å². The number of rotatable bonds is 2. The van der Waals surface area contributed by atoms with Crippen molar-refractivity contribution >= 4 is 22.7 Å². The van der Waals surface area contributed by atoms with Gasteiger partial charge in [0.15, 0.2) is 5.71 Å². The highest BCUT2D eigenvalue weighted by Crippen LogP contribution is 2.15. The number of nitriles is 1. The number of benzene rings is 1. The molecule has 0 N–H and O–H groups in total. The summed E-state index contributed by atoms with van der Waals surface area (Å²) >= 11 is 1.52. The highest BCUT2D eigenvalue weighted by Gasteiger charge is 2.02. The zero-order chi connectivity index (χ0) is 10.5. The van der Waals surface area contributed by atoms with Crippen molar-refractivity contribution in [3.63, 3.8) is 0 Å². The Balaban J connectivity index is 2.37. The summed E-state index contributed by atoms with van der Waals surface area (Å²) in [5, 5.41) is 10.9. The molecule has 15 heavy (non-hydrogen) atoms. The van der Waals surface area contributed by atoms with Crippen LogP contribution >= 0.6 is 11.3 Å². The van der Waals surface area contributed by atoms with Gasteiger partial charge in [0.25, 0.3) is 0 Å². The zero-order valence-corrected chi connectivity index (χ0v) is 8.74. The first kappa shape index (κ1) is 9.63. The van der Waals surface area contributed by atoms with E-state index in [-0.39, 0.29) is 0 Å². The van der Waals surface area contributed by atoms with E-state index in [1.54, 1.807) is 0 Å². The lowest BCUT2D eigenvalue weighted by molar-refractivity contribution is 1.49. The molecule has 0 spiro atoms.